The van der Waals surface area contributed by atoms with E-state index in [9.17, 15) is 4.79 Å². The molecule has 0 spiro atoms. The highest BCUT2D eigenvalue weighted by Crippen LogP contribution is 2.43. The van der Waals surface area contributed by atoms with Crippen LogP contribution in [0.15, 0.2) is 79.0 Å². The molecule has 0 bridgehead atoms. The number of nitrogens with zero attached hydrogens (tertiary/aromatic N) is 3. The number of benzene rings is 2. The van der Waals surface area contributed by atoms with Gasteiger partial charge in [0, 0.05) is 40.6 Å². The number of thiocarbonyl (C=S) groups is 1. The molecule has 1 aliphatic heterocycles. The fourth-order valence-electron chi connectivity index (χ4n) is 5.02. The van der Waals surface area contributed by atoms with E-state index in [0.717, 1.165) is 45.5 Å². The molecule has 3 heterocycles. The third-order valence-electron chi connectivity index (χ3n) is 7.11. The second-order valence-electron chi connectivity index (χ2n) is 10.1. The van der Waals surface area contributed by atoms with E-state index in [1.54, 1.807) is 7.11 Å². The first kappa shape index (κ1) is 26.4. The molecule has 1 fully saturated rings. The number of aryl methyl sites for hydroxylation is 2. The van der Waals surface area contributed by atoms with Crippen molar-refractivity contribution >= 4 is 34.6 Å². The largest absolute Gasteiger partial charge is 0.497 e. The van der Waals surface area contributed by atoms with E-state index in [1.165, 1.54) is 0 Å². The molecule has 0 radical (unpaired) electrons. The van der Waals surface area contributed by atoms with Crippen LogP contribution in [0.1, 0.15) is 48.6 Å². The van der Waals surface area contributed by atoms with Crippen LogP contribution in [0.3, 0.4) is 0 Å². The van der Waals surface area contributed by atoms with E-state index in [4.69, 9.17) is 17.0 Å². The van der Waals surface area contributed by atoms with Gasteiger partial charge in [-0.25, -0.2) is 0 Å². The molecule has 0 aliphatic carbocycles. The van der Waals surface area contributed by atoms with Gasteiger partial charge in [-0.3, -0.25) is 9.78 Å². The molecule has 2 atom stereocenters. The SMILES string of the molecule is COc1ccc(-n2c(C)ccc2[C@H]2[C@H](c3ccccn3)NC(=S)N2c2ccc(NC(=O)C(C)C)c(C)c2)cc1. The van der Waals surface area contributed by atoms with Crippen molar-refractivity contribution in [3.63, 3.8) is 0 Å². The molecular weight excluding hydrogens is 506 g/mol. The molecule has 7 nitrogen and oxygen atoms in total. The van der Waals surface area contributed by atoms with Gasteiger partial charge in [-0.15, -0.1) is 0 Å². The Kier molecular flexibility index (Phi) is 7.39. The summed E-state index contributed by atoms with van der Waals surface area (Å²) in [6.07, 6.45) is 1.81. The summed E-state index contributed by atoms with van der Waals surface area (Å²) in [5.41, 5.74) is 6.83. The van der Waals surface area contributed by atoms with Crippen LogP contribution >= 0.6 is 12.2 Å². The average molecular weight is 540 g/mol. The van der Waals surface area contributed by atoms with Gasteiger partial charge in [0.1, 0.15) is 11.8 Å². The lowest BCUT2D eigenvalue weighted by atomic mass is 10.00. The molecular formula is C31H33N5O2S. The monoisotopic (exact) mass is 539 g/mol. The van der Waals surface area contributed by atoms with Crippen LogP contribution < -0.4 is 20.3 Å². The number of hydrogen-bond acceptors (Lipinski definition) is 4. The van der Waals surface area contributed by atoms with Crippen molar-refractivity contribution in [2.45, 2.75) is 39.8 Å². The van der Waals surface area contributed by atoms with Gasteiger partial charge in [0.2, 0.25) is 5.91 Å². The molecule has 5 rings (SSSR count). The topological polar surface area (TPSA) is 71.4 Å². The molecule has 1 saturated heterocycles. The molecule has 4 aromatic rings. The van der Waals surface area contributed by atoms with Crippen molar-refractivity contribution < 1.29 is 9.53 Å². The molecule has 2 aromatic carbocycles. The fraction of sp³-hybridized carbons (Fsp3) is 0.258. The minimum Gasteiger partial charge on any atom is -0.497 e. The Hall–Kier alpha value is -4.17. The van der Waals surface area contributed by atoms with Gasteiger partial charge in [0.15, 0.2) is 5.11 Å². The Morgan fingerprint density at radius 2 is 1.77 bits per heavy atom. The minimum absolute atomic E-state index is 0.00917. The Morgan fingerprint density at radius 3 is 2.41 bits per heavy atom. The van der Waals surface area contributed by atoms with E-state index < -0.39 is 0 Å². The van der Waals surface area contributed by atoms with Gasteiger partial charge in [0.25, 0.3) is 0 Å². The number of amides is 1. The van der Waals surface area contributed by atoms with E-state index in [2.05, 4.69) is 62.3 Å². The number of hydrogen-bond donors (Lipinski definition) is 2. The number of anilines is 2. The summed E-state index contributed by atoms with van der Waals surface area (Å²) in [7, 11) is 1.67. The van der Waals surface area contributed by atoms with E-state index in [1.807, 2.05) is 69.4 Å². The highest BCUT2D eigenvalue weighted by atomic mass is 32.1. The number of carbonyl (C=O) groups is 1. The van der Waals surface area contributed by atoms with Crippen LogP contribution in [-0.4, -0.2) is 27.7 Å². The summed E-state index contributed by atoms with van der Waals surface area (Å²) in [4.78, 5) is 19.2. The standard InChI is InChI=1S/C31H33N5O2S/c1-19(2)30(37)33-25-15-12-23(18-20(25)3)36-29(28(34-31(36)39)26-8-6-7-17-32-26)27-16-9-21(4)35(27)22-10-13-24(38-5)14-11-22/h6-19,28-29H,1-5H3,(H,33,37)(H,34,39)/t28-,29-/m0/s1. The first-order valence-electron chi connectivity index (χ1n) is 13.0. The number of aromatic nitrogens is 2. The molecule has 200 valence electrons. The first-order chi connectivity index (χ1) is 18.8. The van der Waals surface area contributed by atoms with E-state index in [0.29, 0.717) is 5.11 Å². The smallest absolute Gasteiger partial charge is 0.226 e. The zero-order valence-electron chi connectivity index (χ0n) is 22.8. The maximum absolute atomic E-state index is 12.3. The predicted octanol–water partition coefficient (Wildman–Crippen LogP) is 6.27. The normalized spacial score (nSPS) is 16.9. The zero-order chi connectivity index (χ0) is 27.7. The van der Waals surface area contributed by atoms with Gasteiger partial charge in [0.05, 0.1) is 18.8 Å². The summed E-state index contributed by atoms with van der Waals surface area (Å²) in [6.45, 7) is 7.87. The van der Waals surface area contributed by atoms with Crippen LogP contribution in [0.4, 0.5) is 11.4 Å². The second kappa shape index (κ2) is 10.9. The van der Waals surface area contributed by atoms with Crippen molar-refractivity contribution in [2.75, 3.05) is 17.3 Å². The third kappa shape index (κ3) is 5.12. The van der Waals surface area contributed by atoms with Gasteiger partial charge in [-0.2, -0.15) is 0 Å². The molecule has 0 unspecified atom stereocenters. The van der Waals surface area contributed by atoms with Crippen molar-refractivity contribution in [1.29, 1.82) is 0 Å². The number of methoxy groups -OCH3 is 1. The molecule has 8 heteroatoms. The Bertz CT molecular complexity index is 1500. The summed E-state index contributed by atoms with van der Waals surface area (Å²) in [5, 5.41) is 7.20. The van der Waals surface area contributed by atoms with Crippen LogP contribution in [0, 0.1) is 19.8 Å². The molecule has 2 N–H and O–H groups in total. The molecule has 1 aliphatic rings. The highest BCUT2D eigenvalue weighted by Gasteiger charge is 2.42. The third-order valence-corrected chi connectivity index (χ3v) is 7.42. The Labute approximate surface area is 234 Å². The van der Waals surface area contributed by atoms with E-state index in [-0.39, 0.29) is 23.9 Å². The lowest BCUT2D eigenvalue weighted by Gasteiger charge is -2.30. The van der Waals surface area contributed by atoms with Crippen LogP contribution in [0.2, 0.25) is 0 Å². The van der Waals surface area contributed by atoms with Gasteiger partial charge < -0.3 is 24.8 Å². The maximum atomic E-state index is 12.3. The summed E-state index contributed by atoms with van der Waals surface area (Å²) in [5.74, 6) is 0.698. The maximum Gasteiger partial charge on any atom is 0.226 e. The van der Waals surface area contributed by atoms with Crippen molar-refractivity contribution in [1.82, 2.24) is 14.9 Å². The number of nitrogens with one attached hydrogen (secondary N) is 2. The van der Waals surface area contributed by atoms with Crippen molar-refractivity contribution in [2.24, 2.45) is 5.92 Å². The lowest BCUT2D eigenvalue weighted by molar-refractivity contribution is -0.118. The number of carbonyl (C=O) groups excluding carboxylic acids is 1. The van der Waals surface area contributed by atoms with Crippen molar-refractivity contribution in [3.05, 3.63) is 102 Å². The quantitative estimate of drug-likeness (QED) is 0.270. The summed E-state index contributed by atoms with van der Waals surface area (Å²) < 4.78 is 7.65. The summed E-state index contributed by atoms with van der Waals surface area (Å²) in [6, 6.07) is 24.0. The van der Waals surface area contributed by atoms with E-state index >= 15 is 0 Å². The van der Waals surface area contributed by atoms with Gasteiger partial charge >= 0.3 is 0 Å². The minimum atomic E-state index is -0.182. The molecule has 1 amide bonds. The highest BCUT2D eigenvalue weighted by molar-refractivity contribution is 7.80. The average Bonchev–Trinajstić information content (AvgIpc) is 3.49. The second-order valence-corrected chi connectivity index (χ2v) is 10.5. The summed E-state index contributed by atoms with van der Waals surface area (Å²) >= 11 is 5.95. The van der Waals surface area contributed by atoms with Crippen LogP contribution in [0.25, 0.3) is 5.69 Å². The first-order valence-corrected chi connectivity index (χ1v) is 13.4. The zero-order valence-corrected chi connectivity index (χ0v) is 23.6. The predicted molar refractivity (Wildman–Crippen MR) is 160 cm³/mol. The Balaban J connectivity index is 1.62. The number of ether oxygens (including phenoxy) is 1. The van der Waals surface area contributed by atoms with Crippen molar-refractivity contribution in [3.8, 4) is 11.4 Å². The molecule has 39 heavy (non-hydrogen) atoms. The lowest BCUT2D eigenvalue weighted by Crippen LogP contribution is -2.30. The van der Waals surface area contributed by atoms with Crippen LogP contribution in [-0.2, 0) is 4.79 Å². The number of rotatable bonds is 7. The van der Waals surface area contributed by atoms with Gasteiger partial charge in [-0.1, -0.05) is 19.9 Å². The Morgan fingerprint density at radius 1 is 1.03 bits per heavy atom. The molecule has 2 aromatic heterocycles. The van der Waals surface area contributed by atoms with Crippen LogP contribution in [0.5, 0.6) is 5.75 Å². The molecule has 0 saturated carbocycles. The number of pyridine rings is 1. The fourth-order valence-corrected chi connectivity index (χ4v) is 5.37. The van der Waals surface area contributed by atoms with Gasteiger partial charge in [-0.05, 0) is 98.4 Å².